The molecule has 0 spiro atoms. The monoisotopic (exact) mass is 305 g/mol. The molecule has 2 rings (SSSR count). The Morgan fingerprint density at radius 3 is 2.73 bits per heavy atom. The van der Waals surface area contributed by atoms with Crippen molar-refractivity contribution in [2.24, 2.45) is 5.92 Å². The van der Waals surface area contributed by atoms with Gasteiger partial charge in [-0.05, 0) is 36.2 Å². The number of nitrogens with one attached hydrogen (secondary N) is 2. The summed E-state index contributed by atoms with van der Waals surface area (Å²) in [5.74, 6) is -0.531. The van der Waals surface area contributed by atoms with Gasteiger partial charge in [-0.15, -0.1) is 0 Å². The summed E-state index contributed by atoms with van der Waals surface area (Å²) in [4.78, 5) is 12.0. The van der Waals surface area contributed by atoms with Crippen LogP contribution in [-0.2, 0) is 0 Å². The number of amides is 1. The molecule has 1 amide bonds. The fourth-order valence-electron chi connectivity index (χ4n) is 1.97. The highest BCUT2D eigenvalue weighted by atomic mass is 19.1. The predicted octanol–water partition coefficient (Wildman–Crippen LogP) is 2.35. The van der Waals surface area contributed by atoms with Crippen LogP contribution in [0, 0.1) is 11.7 Å². The molecule has 22 heavy (non-hydrogen) atoms. The van der Waals surface area contributed by atoms with Crippen molar-refractivity contribution in [3.8, 4) is 11.3 Å². The SMILES string of the molecule is CCC(C)C(O)CNC(=O)c1cc(-c2ccc(F)cc2)n[nH]1. The normalized spacial score (nSPS) is 13.6. The number of carbonyl (C=O) groups is 1. The third-order valence-corrected chi connectivity index (χ3v) is 3.74. The molecule has 0 saturated heterocycles. The van der Waals surface area contributed by atoms with E-state index in [1.807, 2.05) is 13.8 Å². The summed E-state index contributed by atoms with van der Waals surface area (Å²) in [5.41, 5.74) is 1.58. The summed E-state index contributed by atoms with van der Waals surface area (Å²) < 4.78 is 12.9. The third kappa shape index (κ3) is 3.92. The summed E-state index contributed by atoms with van der Waals surface area (Å²) in [7, 11) is 0. The molecular formula is C16H20FN3O2. The second-order valence-electron chi connectivity index (χ2n) is 5.34. The number of benzene rings is 1. The first-order valence-electron chi connectivity index (χ1n) is 7.29. The minimum atomic E-state index is -0.576. The topological polar surface area (TPSA) is 78.0 Å². The molecule has 0 bridgehead atoms. The van der Waals surface area contributed by atoms with E-state index < -0.39 is 6.10 Å². The van der Waals surface area contributed by atoms with E-state index in [9.17, 15) is 14.3 Å². The maximum atomic E-state index is 12.9. The molecule has 1 heterocycles. The van der Waals surface area contributed by atoms with Crippen molar-refractivity contribution in [2.75, 3.05) is 6.54 Å². The minimum Gasteiger partial charge on any atom is -0.391 e. The van der Waals surface area contributed by atoms with Crippen LogP contribution in [0.4, 0.5) is 4.39 Å². The van der Waals surface area contributed by atoms with Gasteiger partial charge in [-0.25, -0.2) is 4.39 Å². The Balaban J connectivity index is 1.99. The Morgan fingerprint density at radius 2 is 2.09 bits per heavy atom. The lowest BCUT2D eigenvalue weighted by molar-refractivity contribution is 0.0846. The standard InChI is InChI=1S/C16H20FN3O2/c1-3-10(2)15(21)9-18-16(22)14-8-13(19-20-14)11-4-6-12(17)7-5-11/h4-8,10,15,21H,3,9H2,1-2H3,(H,18,22)(H,19,20). The molecule has 0 saturated carbocycles. The summed E-state index contributed by atoms with van der Waals surface area (Å²) in [6.07, 6.45) is 0.268. The number of aliphatic hydroxyl groups excluding tert-OH is 1. The summed E-state index contributed by atoms with van der Waals surface area (Å²) in [6, 6.07) is 7.47. The van der Waals surface area contributed by atoms with Crippen LogP contribution >= 0.6 is 0 Å². The van der Waals surface area contributed by atoms with E-state index in [1.54, 1.807) is 18.2 Å². The van der Waals surface area contributed by atoms with E-state index >= 15 is 0 Å². The molecule has 118 valence electrons. The lowest BCUT2D eigenvalue weighted by Crippen LogP contribution is -2.35. The lowest BCUT2D eigenvalue weighted by atomic mass is 10.0. The Bertz CT molecular complexity index is 625. The van der Waals surface area contributed by atoms with Crippen LogP contribution in [0.2, 0.25) is 0 Å². The van der Waals surface area contributed by atoms with Gasteiger partial charge in [-0.3, -0.25) is 9.89 Å². The van der Waals surface area contributed by atoms with Gasteiger partial charge in [0.1, 0.15) is 11.5 Å². The van der Waals surface area contributed by atoms with Crippen LogP contribution in [0.3, 0.4) is 0 Å². The zero-order valence-corrected chi connectivity index (χ0v) is 12.6. The van der Waals surface area contributed by atoms with Gasteiger partial charge in [-0.1, -0.05) is 20.3 Å². The van der Waals surface area contributed by atoms with E-state index in [4.69, 9.17) is 0 Å². The van der Waals surface area contributed by atoms with Crippen molar-refractivity contribution in [3.63, 3.8) is 0 Å². The van der Waals surface area contributed by atoms with Gasteiger partial charge in [0, 0.05) is 12.1 Å². The number of aromatic nitrogens is 2. The molecule has 0 radical (unpaired) electrons. The first-order valence-corrected chi connectivity index (χ1v) is 7.29. The van der Waals surface area contributed by atoms with Crippen LogP contribution in [-0.4, -0.2) is 33.9 Å². The number of halogens is 1. The number of aliphatic hydroxyl groups is 1. The van der Waals surface area contributed by atoms with Crippen LogP contribution in [0.1, 0.15) is 30.8 Å². The molecule has 1 aromatic heterocycles. The number of H-pyrrole nitrogens is 1. The molecule has 2 atom stereocenters. The van der Waals surface area contributed by atoms with Crippen molar-refractivity contribution in [1.82, 2.24) is 15.5 Å². The smallest absolute Gasteiger partial charge is 0.269 e. The molecule has 2 aromatic rings. The van der Waals surface area contributed by atoms with Gasteiger partial charge < -0.3 is 10.4 Å². The molecule has 0 aliphatic carbocycles. The zero-order valence-electron chi connectivity index (χ0n) is 12.6. The van der Waals surface area contributed by atoms with E-state index in [1.165, 1.54) is 12.1 Å². The lowest BCUT2D eigenvalue weighted by Gasteiger charge is -2.17. The largest absolute Gasteiger partial charge is 0.391 e. The van der Waals surface area contributed by atoms with Gasteiger partial charge in [0.05, 0.1) is 11.8 Å². The predicted molar refractivity (Wildman–Crippen MR) is 81.8 cm³/mol. The third-order valence-electron chi connectivity index (χ3n) is 3.74. The number of nitrogens with zero attached hydrogens (tertiary/aromatic N) is 1. The highest BCUT2D eigenvalue weighted by Crippen LogP contribution is 2.18. The number of aromatic amines is 1. The Labute approximate surface area is 128 Å². The molecule has 1 aromatic carbocycles. The number of rotatable bonds is 6. The quantitative estimate of drug-likeness (QED) is 0.766. The first-order chi connectivity index (χ1) is 10.5. The van der Waals surface area contributed by atoms with Crippen molar-refractivity contribution in [3.05, 3.63) is 41.8 Å². The zero-order chi connectivity index (χ0) is 16.1. The van der Waals surface area contributed by atoms with Gasteiger partial charge in [-0.2, -0.15) is 5.10 Å². The van der Waals surface area contributed by atoms with Crippen molar-refractivity contribution < 1.29 is 14.3 Å². The maximum Gasteiger partial charge on any atom is 0.269 e. The molecule has 0 fully saturated rings. The summed E-state index contributed by atoms with van der Waals surface area (Å²) in [6.45, 7) is 4.11. The highest BCUT2D eigenvalue weighted by molar-refractivity contribution is 5.93. The van der Waals surface area contributed by atoms with Gasteiger partial charge >= 0.3 is 0 Å². The number of hydrogen-bond acceptors (Lipinski definition) is 3. The van der Waals surface area contributed by atoms with E-state index in [0.29, 0.717) is 11.4 Å². The summed E-state index contributed by atoms with van der Waals surface area (Å²) in [5, 5.41) is 19.2. The average molecular weight is 305 g/mol. The fraction of sp³-hybridized carbons (Fsp3) is 0.375. The van der Waals surface area contributed by atoms with Gasteiger partial charge in [0.2, 0.25) is 0 Å². The molecule has 5 nitrogen and oxygen atoms in total. The Hall–Kier alpha value is -2.21. The minimum absolute atomic E-state index is 0.122. The Kier molecular flexibility index (Phi) is 5.27. The molecule has 0 aliphatic heterocycles. The summed E-state index contributed by atoms with van der Waals surface area (Å²) >= 11 is 0. The van der Waals surface area contributed by atoms with Crippen LogP contribution in [0.15, 0.2) is 30.3 Å². The molecule has 2 unspecified atom stereocenters. The van der Waals surface area contributed by atoms with E-state index in [0.717, 1.165) is 12.0 Å². The average Bonchev–Trinajstić information content (AvgIpc) is 3.02. The Morgan fingerprint density at radius 1 is 1.41 bits per heavy atom. The van der Waals surface area contributed by atoms with Crippen LogP contribution < -0.4 is 5.32 Å². The highest BCUT2D eigenvalue weighted by Gasteiger charge is 2.15. The molecule has 3 N–H and O–H groups in total. The molecule has 0 aliphatic rings. The van der Waals surface area contributed by atoms with Crippen molar-refractivity contribution >= 4 is 5.91 Å². The number of hydrogen-bond donors (Lipinski definition) is 3. The van der Waals surface area contributed by atoms with Crippen molar-refractivity contribution in [1.29, 1.82) is 0 Å². The van der Waals surface area contributed by atoms with Crippen molar-refractivity contribution in [2.45, 2.75) is 26.4 Å². The second-order valence-corrected chi connectivity index (χ2v) is 5.34. The van der Waals surface area contributed by atoms with Crippen LogP contribution in [0.5, 0.6) is 0 Å². The first kappa shape index (κ1) is 16.2. The van der Waals surface area contributed by atoms with Gasteiger partial charge in [0.15, 0.2) is 0 Å². The van der Waals surface area contributed by atoms with Crippen LogP contribution in [0.25, 0.3) is 11.3 Å². The fourth-order valence-corrected chi connectivity index (χ4v) is 1.97. The van der Waals surface area contributed by atoms with E-state index in [2.05, 4.69) is 15.5 Å². The van der Waals surface area contributed by atoms with Gasteiger partial charge in [0.25, 0.3) is 5.91 Å². The maximum absolute atomic E-state index is 12.9. The molecule has 6 heteroatoms. The molecular weight excluding hydrogens is 285 g/mol. The van der Waals surface area contributed by atoms with E-state index in [-0.39, 0.29) is 24.2 Å². The number of carbonyl (C=O) groups excluding carboxylic acids is 1. The second kappa shape index (κ2) is 7.17.